The number of nitrogens with zero attached hydrogens (tertiary/aromatic N) is 1. The molecule has 1 aromatic rings. The predicted molar refractivity (Wildman–Crippen MR) is 47.6 cm³/mol. The maximum absolute atomic E-state index is 10.3. The van der Waals surface area contributed by atoms with Crippen molar-refractivity contribution in [3.05, 3.63) is 30.5 Å². The average Bonchev–Trinajstić information content (AvgIpc) is 2.52. The van der Waals surface area contributed by atoms with E-state index in [-0.39, 0.29) is 0 Å². The first-order valence-electron chi connectivity index (χ1n) is 3.65. The summed E-state index contributed by atoms with van der Waals surface area (Å²) in [5.74, 6) is 1.03. The van der Waals surface area contributed by atoms with Crippen molar-refractivity contribution in [2.45, 2.75) is 0 Å². The van der Waals surface area contributed by atoms with Crippen LogP contribution in [-0.4, -0.2) is 19.9 Å². The van der Waals surface area contributed by atoms with E-state index in [1.54, 1.807) is 18.2 Å². The van der Waals surface area contributed by atoms with Crippen LogP contribution in [0.5, 0.6) is 0 Å². The van der Waals surface area contributed by atoms with E-state index >= 15 is 0 Å². The van der Waals surface area contributed by atoms with Crippen molar-refractivity contribution in [2.75, 3.05) is 18.5 Å². The van der Waals surface area contributed by atoms with E-state index in [2.05, 4.69) is 6.58 Å². The molecule has 1 heterocycles. The van der Waals surface area contributed by atoms with Gasteiger partial charge in [0, 0.05) is 19.7 Å². The van der Waals surface area contributed by atoms with Gasteiger partial charge in [-0.3, -0.25) is 4.79 Å². The highest BCUT2D eigenvalue weighted by atomic mass is 16.4. The first-order valence-corrected chi connectivity index (χ1v) is 3.65. The van der Waals surface area contributed by atoms with Gasteiger partial charge in [0.15, 0.2) is 17.9 Å². The molecule has 0 fully saturated rings. The molecule has 3 nitrogen and oxygen atoms in total. The van der Waals surface area contributed by atoms with E-state index in [4.69, 9.17) is 4.42 Å². The summed E-state index contributed by atoms with van der Waals surface area (Å²) in [7, 11) is 1.87. The molecule has 0 aliphatic rings. The highest BCUT2D eigenvalue weighted by Gasteiger charge is 2.03. The second-order valence-electron chi connectivity index (χ2n) is 2.46. The normalized spacial score (nSPS) is 9.42. The van der Waals surface area contributed by atoms with Crippen molar-refractivity contribution in [1.82, 2.24) is 0 Å². The molecule has 0 amide bonds. The van der Waals surface area contributed by atoms with E-state index in [9.17, 15) is 4.79 Å². The first-order chi connectivity index (χ1) is 5.77. The van der Waals surface area contributed by atoms with Gasteiger partial charge >= 0.3 is 0 Å². The summed E-state index contributed by atoms with van der Waals surface area (Å²) in [5, 5.41) is 0. The highest BCUT2D eigenvalue weighted by molar-refractivity contribution is 5.71. The number of hydrogen-bond donors (Lipinski definition) is 0. The minimum absolute atomic E-state index is 0.348. The van der Waals surface area contributed by atoms with Gasteiger partial charge in [0.05, 0.1) is 0 Å². The number of carbonyl (C=O) groups excluding carboxylic acids is 1. The molecule has 0 N–H and O–H groups in total. The Morgan fingerprint density at radius 1 is 1.67 bits per heavy atom. The van der Waals surface area contributed by atoms with Crippen LogP contribution in [0.3, 0.4) is 0 Å². The molecule has 1 aromatic heterocycles. The Labute approximate surface area is 71.3 Å². The highest BCUT2D eigenvalue weighted by Crippen LogP contribution is 2.15. The summed E-state index contributed by atoms with van der Waals surface area (Å²) >= 11 is 0. The molecule has 0 aliphatic carbocycles. The van der Waals surface area contributed by atoms with E-state index < -0.39 is 0 Å². The molecular weight excluding hydrogens is 154 g/mol. The SMILES string of the molecule is C=CCN(C)c1ccc(C=O)o1. The molecule has 1 rings (SSSR count). The van der Waals surface area contributed by atoms with Gasteiger partial charge in [-0.15, -0.1) is 6.58 Å². The van der Waals surface area contributed by atoms with Crippen molar-refractivity contribution in [2.24, 2.45) is 0 Å². The predicted octanol–water partition coefficient (Wildman–Crippen LogP) is 1.71. The van der Waals surface area contributed by atoms with E-state index in [1.807, 2.05) is 11.9 Å². The van der Waals surface area contributed by atoms with Crippen LogP contribution in [0.2, 0.25) is 0 Å². The Kier molecular flexibility index (Phi) is 2.69. The molecule has 64 valence electrons. The molecule has 0 aliphatic heterocycles. The van der Waals surface area contributed by atoms with Crippen LogP contribution in [0.15, 0.2) is 29.2 Å². The van der Waals surface area contributed by atoms with Crippen LogP contribution in [-0.2, 0) is 0 Å². The summed E-state index contributed by atoms with van der Waals surface area (Å²) in [6, 6.07) is 3.40. The number of aldehydes is 1. The number of likely N-dealkylation sites (N-methyl/N-ethyl adjacent to an activating group) is 1. The lowest BCUT2D eigenvalue weighted by Gasteiger charge is -2.11. The Hall–Kier alpha value is -1.51. The van der Waals surface area contributed by atoms with Gasteiger partial charge in [-0.25, -0.2) is 0 Å². The lowest BCUT2D eigenvalue weighted by atomic mass is 10.5. The zero-order chi connectivity index (χ0) is 8.97. The summed E-state index contributed by atoms with van der Waals surface area (Å²) in [6.07, 6.45) is 2.45. The lowest BCUT2D eigenvalue weighted by Crippen LogP contribution is -2.15. The van der Waals surface area contributed by atoms with E-state index in [1.165, 1.54) is 0 Å². The van der Waals surface area contributed by atoms with Crippen molar-refractivity contribution < 1.29 is 9.21 Å². The van der Waals surface area contributed by atoms with Crippen LogP contribution < -0.4 is 4.90 Å². The van der Waals surface area contributed by atoms with Crippen LogP contribution in [0.25, 0.3) is 0 Å². The maximum Gasteiger partial charge on any atom is 0.196 e. The molecule has 0 saturated carbocycles. The third-order valence-electron chi connectivity index (χ3n) is 1.51. The summed E-state index contributed by atoms with van der Waals surface area (Å²) < 4.78 is 5.16. The van der Waals surface area contributed by atoms with Crippen molar-refractivity contribution in [3.8, 4) is 0 Å². The molecule has 3 heteroatoms. The van der Waals surface area contributed by atoms with E-state index in [0.29, 0.717) is 24.5 Å². The third kappa shape index (κ3) is 1.75. The van der Waals surface area contributed by atoms with Gasteiger partial charge < -0.3 is 9.32 Å². The zero-order valence-electron chi connectivity index (χ0n) is 6.99. The molecule has 0 aromatic carbocycles. The zero-order valence-corrected chi connectivity index (χ0v) is 6.99. The summed E-state index contributed by atoms with van der Waals surface area (Å²) in [4.78, 5) is 12.1. The Morgan fingerprint density at radius 3 is 2.92 bits per heavy atom. The maximum atomic E-state index is 10.3. The Morgan fingerprint density at radius 2 is 2.42 bits per heavy atom. The average molecular weight is 165 g/mol. The Balaban J connectivity index is 2.73. The molecular formula is C9H11NO2. The third-order valence-corrected chi connectivity index (χ3v) is 1.51. The number of hydrogen-bond acceptors (Lipinski definition) is 3. The largest absolute Gasteiger partial charge is 0.438 e. The van der Waals surface area contributed by atoms with Gasteiger partial charge in [0.25, 0.3) is 0 Å². The second kappa shape index (κ2) is 3.76. The minimum atomic E-state index is 0.348. The smallest absolute Gasteiger partial charge is 0.196 e. The van der Waals surface area contributed by atoms with Gasteiger partial charge in [-0.2, -0.15) is 0 Å². The number of furan rings is 1. The van der Waals surface area contributed by atoms with Crippen LogP contribution in [0, 0.1) is 0 Å². The van der Waals surface area contributed by atoms with Crippen LogP contribution >= 0.6 is 0 Å². The first kappa shape index (κ1) is 8.59. The van der Waals surface area contributed by atoms with E-state index in [0.717, 1.165) is 0 Å². The molecule has 0 atom stereocenters. The van der Waals surface area contributed by atoms with Gasteiger partial charge in [0.1, 0.15) is 0 Å². The number of anilines is 1. The van der Waals surface area contributed by atoms with Gasteiger partial charge in [-0.1, -0.05) is 6.08 Å². The molecule has 0 bridgehead atoms. The molecule has 0 saturated heterocycles. The van der Waals surface area contributed by atoms with Crippen LogP contribution in [0.4, 0.5) is 5.88 Å². The fourth-order valence-electron chi connectivity index (χ4n) is 0.894. The lowest BCUT2D eigenvalue weighted by molar-refractivity contribution is 0.110. The fourth-order valence-corrected chi connectivity index (χ4v) is 0.894. The summed E-state index contributed by atoms with van der Waals surface area (Å²) in [6.45, 7) is 4.30. The number of carbonyl (C=O) groups is 1. The monoisotopic (exact) mass is 165 g/mol. The summed E-state index contributed by atoms with van der Waals surface area (Å²) in [5.41, 5.74) is 0. The topological polar surface area (TPSA) is 33.5 Å². The standard InChI is InChI=1S/C9H11NO2/c1-3-6-10(2)9-5-4-8(7-11)12-9/h3-5,7H,1,6H2,2H3. The van der Waals surface area contributed by atoms with Crippen molar-refractivity contribution in [3.63, 3.8) is 0 Å². The molecule has 0 spiro atoms. The van der Waals surface area contributed by atoms with Gasteiger partial charge in [0.2, 0.25) is 0 Å². The fraction of sp³-hybridized carbons (Fsp3) is 0.222. The molecule has 0 unspecified atom stereocenters. The molecule has 12 heavy (non-hydrogen) atoms. The minimum Gasteiger partial charge on any atom is -0.438 e. The van der Waals surface area contributed by atoms with Gasteiger partial charge in [-0.05, 0) is 6.07 Å². The van der Waals surface area contributed by atoms with Crippen molar-refractivity contribution in [1.29, 1.82) is 0 Å². The van der Waals surface area contributed by atoms with Crippen molar-refractivity contribution >= 4 is 12.2 Å². The Bertz CT molecular complexity index is 278. The number of rotatable bonds is 4. The van der Waals surface area contributed by atoms with Crippen LogP contribution in [0.1, 0.15) is 10.6 Å². The molecule has 0 radical (unpaired) electrons. The second-order valence-corrected chi connectivity index (χ2v) is 2.46. The quantitative estimate of drug-likeness (QED) is 0.503.